The molecule has 0 atom stereocenters. The van der Waals surface area contributed by atoms with Gasteiger partial charge in [-0.2, -0.15) is 0 Å². The lowest BCUT2D eigenvalue weighted by molar-refractivity contribution is -0.123. The molecule has 0 radical (unpaired) electrons. The minimum absolute atomic E-state index is 0.0461. The summed E-state index contributed by atoms with van der Waals surface area (Å²) in [7, 11) is 0. The van der Waals surface area contributed by atoms with Gasteiger partial charge in [0.1, 0.15) is 5.75 Å². The maximum absolute atomic E-state index is 12.3. The lowest BCUT2D eigenvalue weighted by Crippen LogP contribution is -2.28. The molecule has 148 valence electrons. The number of carbonyl (C=O) groups excluding carboxylic acids is 1. The van der Waals surface area contributed by atoms with Gasteiger partial charge in [0, 0.05) is 30.7 Å². The Balaban J connectivity index is 1.32. The number of nitrogens with zero attached hydrogens (tertiary/aromatic N) is 2. The van der Waals surface area contributed by atoms with E-state index in [-0.39, 0.29) is 12.5 Å². The maximum Gasteiger partial charge on any atom is 0.258 e. The highest BCUT2D eigenvalue weighted by Gasteiger charge is 2.09. The summed E-state index contributed by atoms with van der Waals surface area (Å²) in [5.41, 5.74) is 4.97. The van der Waals surface area contributed by atoms with Gasteiger partial charge in [0.05, 0.1) is 5.69 Å². The molecule has 4 aromatic rings. The Morgan fingerprint density at radius 3 is 2.27 bits per heavy atom. The quantitative estimate of drug-likeness (QED) is 0.500. The zero-order valence-electron chi connectivity index (χ0n) is 16.4. The predicted molar refractivity (Wildman–Crippen MR) is 117 cm³/mol. The lowest BCUT2D eigenvalue weighted by Gasteiger charge is -2.11. The highest BCUT2D eigenvalue weighted by molar-refractivity contribution is 5.78. The summed E-state index contributed by atoms with van der Waals surface area (Å²) in [6, 6.07) is 25.4. The largest absolute Gasteiger partial charge is 0.484 e. The first kappa shape index (κ1) is 19.3. The number of hydrogen-bond donors (Lipinski definition) is 1. The number of rotatable bonds is 7. The van der Waals surface area contributed by atoms with E-state index in [0.29, 0.717) is 12.3 Å². The Hall–Kier alpha value is -3.99. The fourth-order valence-electron chi connectivity index (χ4n) is 3.12. The highest BCUT2D eigenvalue weighted by atomic mass is 16.5. The summed E-state index contributed by atoms with van der Waals surface area (Å²) < 4.78 is 5.63. The third kappa shape index (κ3) is 4.89. The van der Waals surface area contributed by atoms with Crippen LogP contribution >= 0.6 is 0 Å². The Morgan fingerprint density at radius 1 is 0.767 bits per heavy atom. The molecule has 0 aliphatic heterocycles. The van der Waals surface area contributed by atoms with Crippen molar-refractivity contribution in [3.63, 3.8) is 0 Å². The highest BCUT2D eigenvalue weighted by Crippen LogP contribution is 2.22. The smallest absolute Gasteiger partial charge is 0.258 e. The molecule has 30 heavy (non-hydrogen) atoms. The molecule has 2 aromatic heterocycles. The van der Waals surface area contributed by atoms with E-state index < -0.39 is 0 Å². The number of nitrogens with one attached hydrogen (secondary N) is 1. The molecule has 2 aromatic carbocycles. The third-order valence-electron chi connectivity index (χ3n) is 4.65. The molecule has 0 unspecified atom stereocenters. The van der Waals surface area contributed by atoms with E-state index in [1.165, 1.54) is 0 Å². The number of pyridine rings is 2. The molecule has 0 aliphatic carbocycles. The van der Waals surface area contributed by atoms with Crippen molar-refractivity contribution >= 4 is 5.91 Å². The van der Waals surface area contributed by atoms with Crippen LogP contribution in [0.15, 0.2) is 97.5 Å². The molecule has 0 saturated carbocycles. The van der Waals surface area contributed by atoms with Gasteiger partial charge in [-0.15, -0.1) is 0 Å². The Bertz CT molecular complexity index is 1100. The van der Waals surface area contributed by atoms with Crippen LogP contribution in [-0.2, 0) is 11.3 Å². The Morgan fingerprint density at radius 2 is 1.50 bits per heavy atom. The van der Waals surface area contributed by atoms with Crippen LogP contribution in [-0.4, -0.2) is 22.5 Å². The molecular weight excluding hydrogens is 374 g/mol. The number of ether oxygens (including phenoxy) is 1. The van der Waals surface area contributed by atoms with Gasteiger partial charge in [0.2, 0.25) is 0 Å². The normalized spacial score (nSPS) is 10.4. The molecule has 1 amide bonds. The van der Waals surface area contributed by atoms with Crippen molar-refractivity contribution in [3.05, 3.63) is 103 Å². The van der Waals surface area contributed by atoms with E-state index in [9.17, 15) is 4.79 Å². The lowest BCUT2D eigenvalue weighted by atomic mass is 10.1. The summed E-state index contributed by atoms with van der Waals surface area (Å²) in [5.74, 6) is 0.468. The molecule has 0 aliphatic rings. The average molecular weight is 395 g/mol. The first-order chi connectivity index (χ1) is 14.8. The van der Waals surface area contributed by atoms with Crippen LogP contribution in [0.5, 0.6) is 5.75 Å². The number of benzene rings is 2. The van der Waals surface area contributed by atoms with Crippen molar-refractivity contribution < 1.29 is 9.53 Å². The Labute approximate surface area is 175 Å². The molecule has 0 fully saturated rings. The molecule has 5 heteroatoms. The van der Waals surface area contributed by atoms with Crippen molar-refractivity contribution in [2.75, 3.05) is 6.61 Å². The topological polar surface area (TPSA) is 64.1 Å². The van der Waals surface area contributed by atoms with E-state index in [1.54, 1.807) is 18.6 Å². The number of carbonyl (C=O) groups is 1. The predicted octanol–water partition coefficient (Wildman–Crippen LogP) is 4.51. The SMILES string of the molecule is O=C(COc1ccc(-c2ccccc2)cc1)NCc1cccnc1-c1ccncc1. The van der Waals surface area contributed by atoms with Gasteiger partial charge in [0.15, 0.2) is 6.61 Å². The second kappa shape index (κ2) is 9.47. The zero-order valence-corrected chi connectivity index (χ0v) is 16.4. The fourth-order valence-corrected chi connectivity index (χ4v) is 3.12. The molecule has 0 spiro atoms. The summed E-state index contributed by atoms with van der Waals surface area (Å²) >= 11 is 0. The first-order valence-electron chi connectivity index (χ1n) is 9.69. The third-order valence-corrected chi connectivity index (χ3v) is 4.65. The van der Waals surface area contributed by atoms with Crippen LogP contribution in [0.25, 0.3) is 22.4 Å². The summed E-state index contributed by atoms with van der Waals surface area (Å²) in [5, 5.41) is 2.90. The van der Waals surface area contributed by atoms with Crippen LogP contribution in [0.4, 0.5) is 0 Å². The molecule has 2 heterocycles. The van der Waals surface area contributed by atoms with Crippen molar-refractivity contribution in [2.45, 2.75) is 6.54 Å². The van der Waals surface area contributed by atoms with Gasteiger partial charge in [-0.05, 0) is 47.0 Å². The van der Waals surface area contributed by atoms with E-state index in [0.717, 1.165) is 27.9 Å². The molecule has 4 rings (SSSR count). The van der Waals surface area contributed by atoms with Crippen molar-refractivity contribution in [2.24, 2.45) is 0 Å². The average Bonchev–Trinajstić information content (AvgIpc) is 2.83. The van der Waals surface area contributed by atoms with Crippen LogP contribution in [0.3, 0.4) is 0 Å². The van der Waals surface area contributed by atoms with Gasteiger partial charge in [-0.25, -0.2) is 0 Å². The van der Waals surface area contributed by atoms with Gasteiger partial charge >= 0.3 is 0 Å². The minimum Gasteiger partial charge on any atom is -0.484 e. The molecule has 5 nitrogen and oxygen atoms in total. The summed E-state index contributed by atoms with van der Waals surface area (Å²) in [4.78, 5) is 20.7. The molecule has 0 bridgehead atoms. The van der Waals surface area contributed by atoms with E-state index in [4.69, 9.17) is 4.74 Å². The van der Waals surface area contributed by atoms with Crippen molar-refractivity contribution in [3.8, 4) is 28.1 Å². The maximum atomic E-state index is 12.3. The van der Waals surface area contributed by atoms with Gasteiger partial charge in [-0.1, -0.05) is 48.5 Å². The van der Waals surface area contributed by atoms with E-state index >= 15 is 0 Å². The molecular formula is C25H21N3O2. The number of aromatic nitrogens is 2. The van der Waals surface area contributed by atoms with Crippen LogP contribution in [0.1, 0.15) is 5.56 Å². The van der Waals surface area contributed by atoms with Crippen molar-refractivity contribution in [1.82, 2.24) is 15.3 Å². The van der Waals surface area contributed by atoms with Crippen LogP contribution in [0, 0.1) is 0 Å². The summed E-state index contributed by atoms with van der Waals surface area (Å²) in [6.45, 7) is 0.330. The number of amides is 1. The number of hydrogen-bond acceptors (Lipinski definition) is 4. The van der Waals surface area contributed by atoms with Gasteiger partial charge < -0.3 is 10.1 Å². The second-order valence-corrected chi connectivity index (χ2v) is 6.70. The monoisotopic (exact) mass is 395 g/mol. The second-order valence-electron chi connectivity index (χ2n) is 6.70. The van der Waals surface area contributed by atoms with Crippen LogP contribution in [0.2, 0.25) is 0 Å². The Kier molecular flexibility index (Phi) is 6.11. The van der Waals surface area contributed by atoms with Crippen molar-refractivity contribution in [1.29, 1.82) is 0 Å². The first-order valence-corrected chi connectivity index (χ1v) is 9.69. The molecule has 1 N–H and O–H groups in total. The van der Waals surface area contributed by atoms with Gasteiger partial charge in [-0.3, -0.25) is 14.8 Å². The van der Waals surface area contributed by atoms with E-state index in [2.05, 4.69) is 27.4 Å². The van der Waals surface area contributed by atoms with Crippen LogP contribution < -0.4 is 10.1 Å². The standard InChI is InChI=1S/C25H21N3O2/c29-24(18-30-23-10-8-20(9-11-23)19-5-2-1-3-6-19)28-17-22-7-4-14-27-25(22)21-12-15-26-16-13-21/h1-16H,17-18H2,(H,28,29). The summed E-state index contributed by atoms with van der Waals surface area (Å²) in [6.07, 6.45) is 5.19. The molecule has 0 saturated heterocycles. The van der Waals surface area contributed by atoms with E-state index in [1.807, 2.05) is 66.7 Å². The minimum atomic E-state index is -0.188. The zero-order chi connectivity index (χ0) is 20.6. The fraction of sp³-hybridized carbons (Fsp3) is 0.0800. The van der Waals surface area contributed by atoms with Gasteiger partial charge in [0.25, 0.3) is 5.91 Å².